The molecular formula is C18H18N2O6. The van der Waals surface area contributed by atoms with E-state index in [9.17, 15) is 19.7 Å². The molecule has 0 unspecified atom stereocenters. The molecule has 1 N–H and O–H groups in total. The Bertz CT molecular complexity index is 807. The number of esters is 1. The predicted molar refractivity (Wildman–Crippen MR) is 94.0 cm³/mol. The molecule has 1 atom stereocenters. The summed E-state index contributed by atoms with van der Waals surface area (Å²) in [4.78, 5) is 34.0. The number of hydrogen-bond acceptors (Lipinski definition) is 6. The summed E-state index contributed by atoms with van der Waals surface area (Å²) >= 11 is 0. The summed E-state index contributed by atoms with van der Waals surface area (Å²) in [6.45, 7) is 2.66. The fraction of sp³-hybridized carbons (Fsp3) is 0.222. The molecule has 0 fully saturated rings. The molecule has 136 valence electrons. The first-order chi connectivity index (χ1) is 12.4. The van der Waals surface area contributed by atoms with Crippen molar-refractivity contribution in [1.29, 1.82) is 0 Å². The minimum atomic E-state index is -0.869. The Balaban J connectivity index is 1.84. The maximum Gasteiger partial charge on any atom is 0.347 e. The molecule has 0 radical (unpaired) electrons. The molecule has 0 aromatic heterocycles. The second-order valence-electron chi connectivity index (χ2n) is 5.49. The Hall–Kier alpha value is -3.42. The molecule has 2 rings (SSSR count). The summed E-state index contributed by atoms with van der Waals surface area (Å²) in [6, 6.07) is 12.8. The van der Waals surface area contributed by atoms with E-state index in [1.807, 2.05) is 6.07 Å². The minimum absolute atomic E-state index is 0.0705. The van der Waals surface area contributed by atoms with Gasteiger partial charge in [0.05, 0.1) is 4.92 Å². The third kappa shape index (κ3) is 5.30. The Labute approximate surface area is 149 Å². The summed E-state index contributed by atoms with van der Waals surface area (Å²) in [7, 11) is 0. The number of benzene rings is 2. The molecule has 0 heterocycles. The van der Waals surface area contributed by atoms with Crippen molar-refractivity contribution in [3.8, 4) is 5.75 Å². The molecule has 0 saturated heterocycles. The van der Waals surface area contributed by atoms with Gasteiger partial charge in [0.1, 0.15) is 5.75 Å². The first kappa shape index (κ1) is 18.9. The number of hydrogen-bond donors (Lipinski definition) is 1. The highest BCUT2D eigenvalue weighted by molar-refractivity contribution is 5.93. The average Bonchev–Trinajstić information content (AvgIpc) is 2.62. The average molecular weight is 358 g/mol. The lowest BCUT2D eigenvalue weighted by atomic mass is 10.2. The first-order valence-electron chi connectivity index (χ1n) is 7.80. The summed E-state index contributed by atoms with van der Waals surface area (Å²) in [5.74, 6) is -0.713. The maximum absolute atomic E-state index is 11.9. The van der Waals surface area contributed by atoms with Crippen LogP contribution in [0.2, 0.25) is 0 Å². The fourth-order valence-corrected chi connectivity index (χ4v) is 2.09. The summed E-state index contributed by atoms with van der Waals surface area (Å²) in [5, 5.41) is 13.2. The van der Waals surface area contributed by atoms with Gasteiger partial charge in [0.2, 0.25) is 0 Å². The number of para-hydroxylation sites is 1. The van der Waals surface area contributed by atoms with Crippen LogP contribution >= 0.6 is 0 Å². The quantitative estimate of drug-likeness (QED) is 0.463. The van der Waals surface area contributed by atoms with E-state index in [0.29, 0.717) is 17.0 Å². The first-order valence-corrected chi connectivity index (χ1v) is 7.80. The van der Waals surface area contributed by atoms with E-state index < -0.39 is 29.5 Å². The third-order valence-corrected chi connectivity index (χ3v) is 3.43. The van der Waals surface area contributed by atoms with E-state index >= 15 is 0 Å². The number of rotatable bonds is 7. The number of carbonyl (C=O) groups is 2. The lowest BCUT2D eigenvalue weighted by molar-refractivity contribution is -0.384. The van der Waals surface area contributed by atoms with E-state index in [-0.39, 0.29) is 5.69 Å². The molecule has 0 aliphatic rings. The molecule has 1 amide bonds. The molecule has 0 aliphatic heterocycles. The zero-order valence-corrected chi connectivity index (χ0v) is 14.3. The molecule has 0 spiro atoms. The van der Waals surface area contributed by atoms with Crippen molar-refractivity contribution in [2.75, 3.05) is 11.9 Å². The summed E-state index contributed by atoms with van der Waals surface area (Å²) in [6.07, 6.45) is -0.869. The van der Waals surface area contributed by atoms with Gasteiger partial charge in [-0.25, -0.2) is 4.79 Å². The number of nitro benzene ring substituents is 1. The van der Waals surface area contributed by atoms with Gasteiger partial charge in [-0.1, -0.05) is 18.2 Å². The van der Waals surface area contributed by atoms with Gasteiger partial charge in [0.25, 0.3) is 11.6 Å². The summed E-state index contributed by atoms with van der Waals surface area (Å²) < 4.78 is 10.3. The van der Waals surface area contributed by atoms with Crippen molar-refractivity contribution in [2.45, 2.75) is 20.0 Å². The number of non-ortho nitro benzene ring substituents is 1. The van der Waals surface area contributed by atoms with Crippen LogP contribution in [-0.2, 0) is 14.3 Å². The van der Waals surface area contributed by atoms with Crippen LogP contribution in [0.25, 0.3) is 0 Å². The Kier molecular flexibility index (Phi) is 6.26. The molecule has 0 aliphatic carbocycles. The van der Waals surface area contributed by atoms with Gasteiger partial charge in [0.15, 0.2) is 12.7 Å². The number of aryl methyl sites for hydroxylation is 1. The van der Waals surface area contributed by atoms with Gasteiger partial charge >= 0.3 is 5.97 Å². The predicted octanol–water partition coefficient (Wildman–Crippen LogP) is 2.85. The van der Waals surface area contributed by atoms with Crippen LogP contribution in [-0.4, -0.2) is 29.5 Å². The van der Waals surface area contributed by atoms with Crippen molar-refractivity contribution < 1.29 is 24.0 Å². The van der Waals surface area contributed by atoms with Crippen molar-refractivity contribution in [3.05, 3.63) is 64.2 Å². The van der Waals surface area contributed by atoms with Crippen LogP contribution in [0, 0.1) is 17.0 Å². The van der Waals surface area contributed by atoms with E-state index in [0.717, 1.165) is 0 Å². The number of anilines is 1. The van der Waals surface area contributed by atoms with Gasteiger partial charge < -0.3 is 14.8 Å². The maximum atomic E-state index is 11.9. The van der Waals surface area contributed by atoms with Crippen LogP contribution in [0.4, 0.5) is 11.4 Å². The fourth-order valence-electron chi connectivity index (χ4n) is 2.09. The van der Waals surface area contributed by atoms with Crippen LogP contribution in [0.1, 0.15) is 12.5 Å². The molecule has 0 bridgehead atoms. The van der Waals surface area contributed by atoms with E-state index in [2.05, 4.69) is 5.32 Å². The molecule has 2 aromatic rings. The lowest BCUT2D eigenvalue weighted by Gasteiger charge is -2.14. The highest BCUT2D eigenvalue weighted by Gasteiger charge is 2.18. The molecular weight excluding hydrogens is 340 g/mol. The normalized spacial score (nSPS) is 11.3. The Morgan fingerprint density at radius 3 is 2.50 bits per heavy atom. The number of nitrogens with one attached hydrogen (secondary N) is 1. The number of nitrogens with zero attached hydrogens (tertiary/aromatic N) is 1. The number of nitro groups is 1. The van der Waals surface area contributed by atoms with Crippen molar-refractivity contribution in [3.63, 3.8) is 0 Å². The molecule has 2 aromatic carbocycles. The van der Waals surface area contributed by atoms with Gasteiger partial charge in [-0.3, -0.25) is 14.9 Å². The minimum Gasteiger partial charge on any atom is -0.479 e. The second kappa shape index (κ2) is 8.61. The van der Waals surface area contributed by atoms with E-state index in [1.54, 1.807) is 31.2 Å². The van der Waals surface area contributed by atoms with Gasteiger partial charge in [-0.2, -0.15) is 0 Å². The molecule has 8 heteroatoms. The largest absolute Gasteiger partial charge is 0.479 e. The third-order valence-electron chi connectivity index (χ3n) is 3.43. The van der Waals surface area contributed by atoms with Crippen molar-refractivity contribution in [1.82, 2.24) is 0 Å². The topological polar surface area (TPSA) is 108 Å². The standard InChI is InChI=1S/C18H18N2O6/c1-12-10-14(20(23)24)8-9-16(12)19-17(21)11-25-18(22)13(2)26-15-6-4-3-5-7-15/h3-10,13H,11H2,1-2H3,(H,19,21)/t13-/m0/s1. The van der Waals surface area contributed by atoms with Crippen LogP contribution < -0.4 is 10.1 Å². The van der Waals surface area contributed by atoms with Gasteiger partial charge in [0, 0.05) is 17.8 Å². The Morgan fingerprint density at radius 2 is 1.88 bits per heavy atom. The lowest BCUT2D eigenvalue weighted by Crippen LogP contribution is -2.29. The highest BCUT2D eigenvalue weighted by Crippen LogP contribution is 2.21. The van der Waals surface area contributed by atoms with Crippen molar-refractivity contribution in [2.24, 2.45) is 0 Å². The smallest absolute Gasteiger partial charge is 0.347 e. The van der Waals surface area contributed by atoms with Crippen LogP contribution in [0.3, 0.4) is 0 Å². The molecule has 8 nitrogen and oxygen atoms in total. The van der Waals surface area contributed by atoms with Crippen LogP contribution in [0.5, 0.6) is 5.75 Å². The van der Waals surface area contributed by atoms with Gasteiger partial charge in [-0.15, -0.1) is 0 Å². The monoisotopic (exact) mass is 358 g/mol. The van der Waals surface area contributed by atoms with Crippen molar-refractivity contribution >= 4 is 23.3 Å². The zero-order valence-electron chi connectivity index (χ0n) is 14.3. The van der Waals surface area contributed by atoms with Crippen LogP contribution in [0.15, 0.2) is 48.5 Å². The zero-order chi connectivity index (χ0) is 19.1. The number of ether oxygens (including phenoxy) is 2. The Morgan fingerprint density at radius 1 is 1.19 bits per heavy atom. The van der Waals surface area contributed by atoms with E-state index in [4.69, 9.17) is 9.47 Å². The highest BCUT2D eigenvalue weighted by atomic mass is 16.6. The van der Waals surface area contributed by atoms with E-state index in [1.165, 1.54) is 25.1 Å². The second-order valence-corrected chi connectivity index (χ2v) is 5.49. The molecule has 0 saturated carbocycles. The molecule has 26 heavy (non-hydrogen) atoms. The SMILES string of the molecule is Cc1cc([N+](=O)[O-])ccc1NC(=O)COC(=O)[C@H](C)Oc1ccccc1. The number of carbonyl (C=O) groups excluding carboxylic acids is 2. The summed E-state index contributed by atoms with van der Waals surface area (Å²) in [5.41, 5.74) is 0.865. The number of amides is 1. The van der Waals surface area contributed by atoms with Gasteiger partial charge in [-0.05, 0) is 37.6 Å².